The highest BCUT2D eigenvalue weighted by molar-refractivity contribution is 7.15. The summed E-state index contributed by atoms with van der Waals surface area (Å²) >= 11 is 3.53. The lowest BCUT2D eigenvalue weighted by Gasteiger charge is -2.00. The number of hydrogen-bond donors (Lipinski definition) is 1. The van der Waals surface area contributed by atoms with Gasteiger partial charge in [-0.25, -0.2) is 4.98 Å². The molecule has 1 N–H and O–H groups in total. The third-order valence-corrected chi connectivity index (χ3v) is 4.80. The predicted octanol–water partition coefficient (Wildman–Crippen LogP) is 3.50. The van der Waals surface area contributed by atoms with Crippen molar-refractivity contribution in [1.82, 2.24) is 14.9 Å². The molecule has 0 bridgehead atoms. The molecule has 5 heteroatoms. The minimum atomic E-state index is 0.826. The fraction of sp³-hybridized carbons (Fsp3) is 0.214. The van der Waals surface area contributed by atoms with Gasteiger partial charge in [0.05, 0.1) is 10.6 Å². The molecule has 98 valence electrons. The van der Waals surface area contributed by atoms with E-state index in [4.69, 9.17) is 0 Å². The molecule has 0 aliphatic rings. The van der Waals surface area contributed by atoms with Crippen molar-refractivity contribution in [2.24, 2.45) is 7.05 Å². The summed E-state index contributed by atoms with van der Waals surface area (Å²) < 4.78 is 2.12. The van der Waals surface area contributed by atoms with E-state index in [0.29, 0.717) is 0 Å². The van der Waals surface area contributed by atoms with E-state index in [1.807, 2.05) is 6.20 Å². The maximum Gasteiger partial charge on any atom is 0.107 e. The first-order valence-corrected chi connectivity index (χ1v) is 7.82. The Hall–Kier alpha value is -1.43. The quantitative estimate of drug-likeness (QED) is 0.779. The van der Waals surface area contributed by atoms with Crippen molar-refractivity contribution in [2.45, 2.75) is 13.1 Å². The van der Waals surface area contributed by atoms with E-state index in [2.05, 4.69) is 57.8 Å². The van der Waals surface area contributed by atoms with Crippen LogP contribution in [0.25, 0.3) is 10.6 Å². The van der Waals surface area contributed by atoms with Crippen LogP contribution in [0.2, 0.25) is 0 Å². The average molecular weight is 289 g/mol. The van der Waals surface area contributed by atoms with Crippen LogP contribution in [0.5, 0.6) is 0 Å². The van der Waals surface area contributed by atoms with E-state index in [1.54, 1.807) is 22.7 Å². The first-order valence-electron chi connectivity index (χ1n) is 6.12. The highest BCUT2D eigenvalue weighted by Crippen LogP contribution is 2.25. The van der Waals surface area contributed by atoms with Crippen molar-refractivity contribution >= 4 is 22.7 Å². The standard InChI is InChI=1S/C14H15N3S2/c1-17-6-2-5-12(17)13-9-16-14(19-13)10-15-8-11-4-3-7-18-11/h2-7,9,15H,8,10H2,1H3. The molecule has 19 heavy (non-hydrogen) atoms. The van der Waals surface area contributed by atoms with Gasteiger partial charge in [-0.05, 0) is 23.6 Å². The molecular weight excluding hydrogens is 274 g/mol. The number of nitrogens with one attached hydrogen (secondary N) is 1. The molecule has 3 aromatic heterocycles. The van der Waals surface area contributed by atoms with Gasteiger partial charge in [0.2, 0.25) is 0 Å². The summed E-state index contributed by atoms with van der Waals surface area (Å²) in [4.78, 5) is 7.06. The van der Waals surface area contributed by atoms with Gasteiger partial charge in [-0.15, -0.1) is 22.7 Å². The molecule has 0 atom stereocenters. The van der Waals surface area contributed by atoms with Gasteiger partial charge in [0, 0.05) is 37.4 Å². The van der Waals surface area contributed by atoms with Crippen LogP contribution in [0.4, 0.5) is 0 Å². The minimum absolute atomic E-state index is 0.826. The predicted molar refractivity (Wildman–Crippen MR) is 81.4 cm³/mol. The van der Waals surface area contributed by atoms with E-state index >= 15 is 0 Å². The first-order chi connectivity index (χ1) is 9.33. The van der Waals surface area contributed by atoms with Crippen molar-refractivity contribution < 1.29 is 0 Å². The van der Waals surface area contributed by atoms with Gasteiger partial charge in [-0.2, -0.15) is 0 Å². The molecule has 3 heterocycles. The van der Waals surface area contributed by atoms with Gasteiger partial charge < -0.3 is 9.88 Å². The van der Waals surface area contributed by atoms with Crippen LogP contribution < -0.4 is 5.32 Å². The molecule has 0 unspecified atom stereocenters. The maximum absolute atomic E-state index is 4.48. The highest BCUT2D eigenvalue weighted by atomic mass is 32.1. The monoisotopic (exact) mass is 289 g/mol. The Balaban J connectivity index is 1.61. The van der Waals surface area contributed by atoms with Crippen LogP contribution in [-0.4, -0.2) is 9.55 Å². The Morgan fingerprint density at radius 2 is 2.21 bits per heavy atom. The molecule has 3 aromatic rings. The molecular formula is C14H15N3S2. The van der Waals surface area contributed by atoms with Crippen molar-refractivity contribution in [3.05, 3.63) is 51.9 Å². The fourth-order valence-electron chi connectivity index (χ4n) is 1.93. The highest BCUT2D eigenvalue weighted by Gasteiger charge is 2.06. The zero-order valence-corrected chi connectivity index (χ0v) is 12.3. The van der Waals surface area contributed by atoms with E-state index in [1.165, 1.54) is 15.4 Å². The molecule has 0 aliphatic heterocycles. The summed E-state index contributed by atoms with van der Waals surface area (Å²) in [6.07, 6.45) is 4.02. The molecule has 0 aliphatic carbocycles. The number of thiophene rings is 1. The molecule has 3 nitrogen and oxygen atoms in total. The smallest absolute Gasteiger partial charge is 0.107 e. The molecule has 0 radical (unpaired) electrons. The van der Waals surface area contributed by atoms with Gasteiger partial charge in [0.25, 0.3) is 0 Å². The summed E-state index contributed by atoms with van der Waals surface area (Å²) in [5, 5.41) is 6.67. The van der Waals surface area contributed by atoms with Gasteiger partial charge in [-0.3, -0.25) is 0 Å². The SMILES string of the molecule is Cn1cccc1-c1cnc(CNCc2cccs2)s1. The second-order valence-electron chi connectivity index (χ2n) is 4.31. The molecule has 3 rings (SSSR count). The topological polar surface area (TPSA) is 29.9 Å². The molecule has 0 spiro atoms. The minimum Gasteiger partial charge on any atom is -0.350 e. The van der Waals surface area contributed by atoms with Crippen molar-refractivity contribution in [3.8, 4) is 10.6 Å². The van der Waals surface area contributed by atoms with Crippen molar-refractivity contribution in [3.63, 3.8) is 0 Å². The zero-order chi connectivity index (χ0) is 13.1. The normalized spacial score (nSPS) is 11.0. The lowest BCUT2D eigenvalue weighted by molar-refractivity contribution is 0.697. The lowest BCUT2D eigenvalue weighted by atomic mass is 10.4. The van der Waals surface area contributed by atoms with Gasteiger partial charge in [0.1, 0.15) is 5.01 Å². The Bertz CT molecular complexity index is 637. The summed E-state index contributed by atoms with van der Waals surface area (Å²) in [7, 11) is 2.06. The Morgan fingerprint density at radius 3 is 2.95 bits per heavy atom. The fourth-order valence-corrected chi connectivity index (χ4v) is 3.56. The van der Waals surface area contributed by atoms with Crippen molar-refractivity contribution in [1.29, 1.82) is 0 Å². The zero-order valence-electron chi connectivity index (χ0n) is 10.7. The third kappa shape index (κ3) is 2.94. The summed E-state index contributed by atoms with van der Waals surface area (Å²) in [6.45, 7) is 1.74. The van der Waals surface area contributed by atoms with Gasteiger partial charge >= 0.3 is 0 Å². The summed E-state index contributed by atoms with van der Waals surface area (Å²) in [5.41, 5.74) is 1.22. The van der Waals surface area contributed by atoms with Crippen LogP contribution in [-0.2, 0) is 20.1 Å². The number of aryl methyl sites for hydroxylation is 1. The second-order valence-corrected chi connectivity index (χ2v) is 6.45. The van der Waals surface area contributed by atoms with Crippen LogP contribution >= 0.6 is 22.7 Å². The molecule has 0 saturated heterocycles. The summed E-state index contributed by atoms with van der Waals surface area (Å²) in [5.74, 6) is 0. The third-order valence-electron chi connectivity index (χ3n) is 2.91. The Morgan fingerprint density at radius 1 is 1.26 bits per heavy atom. The molecule has 0 aromatic carbocycles. The van der Waals surface area contributed by atoms with Crippen LogP contribution in [0.3, 0.4) is 0 Å². The van der Waals surface area contributed by atoms with Crippen LogP contribution in [0.15, 0.2) is 42.0 Å². The van der Waals surface area contributed by atoms with E-state index in [9.17, 15) is 0 Å². The first kappa shape index (κ1) is 12.6. The van der Waals surface area contributed by atoms with E-state index in [0.717, 1.165) is 18.1 Å². The maximum atomic E-state index is 4.48. The lowest BCUT2D eigenvalue weighted by Crippen LogP contribution is -2.11. The largest absolute Gasteiger partial charge is 0.350 e. The Kier molecular flexibility index (Phi) is 3.77. The molecule has 0 fully saturated rings. The van der Waals surface area contributed by atoms with E-state index < -0.39 is 0 Å². The van der Waals surface area contributed by atoms with E-state index in [-0.39, 0.29) is 0 Å². The number of hydrogen-bond acceptors (Lipinski definition) is 4. The van der Waals surface area contributed by atoms with Crippen LogP contribution in [0, 0.1) is 0 Å². The average Bonchev–Trinajstić information content (AvgIpc) is 3.10. The number of thiazole rings is 1. The number of aromatic nitrogens is 2. The molecule has 0 amide bonds. The summed E-state index contributed by atoms with van der Waals surface area (Å²) in [6, 6.07) is 8.41. The van der Waals surface area contributed by atoms with Crippen LogP contribution in [0.1, 0.15) is 9.88 Å². The van der Waals surface area contributed by atoms with Crippen molar-refractivity contribution in [2.75, 3.05) is 0 Å². The molecule has 0 saturated carbocycles. The van der Waals surface area contributed by atoms with Gasteiger partial charge in [0.15, 0.2) is 0 Å². The van der Waals surface area contributed by atoms with Gasteiger partial charge in [-0.1, -0.05) is 6.07 Å². The second kappa shape index (κ2) is 5.69. The number of nitrogens with zero attached hydrogens (tertiary/aromatic N) is 2. The number of rotatable bonds is 5. The Labute approximate surface area is 120 Å².